The van der Waals surface area contributed by atoms with Crippen molar-refractivity contribution in [1.82, 2.24) is 4.90 Å². The van der Waals surface area contributed by atoms with Gasteiger partial charge in [-0.05, 0) is 62.4 Å². The monoisotopic (exact) mass is 288 g/mol. The minimum Gasteiger partial charge on any atom is -0.379 e. The van der Waals surface area contributed by atoms with E-state index in [1.54, 1.807) is 0 Å². The van der Waals surface area contributed by atoms with Gasteiger partial charge in [0.1, 0.15) is 0 Å². The molecule has 21 heavy (non-hydrogen) atoms. The van der Waals surface area contributed by atoms with Gasteiger partial charge in [0.2, 0.25) is 0 Å². The maximum atomic E-state index is 5.40. The Kier molecular flexibility index (Phi) is 5.15. The van der Waals surface area contributed by atoms with Crippen molar-refractivity contribution in [2.45, 2.75) is 32.6 Å². The lowest BCUT2D eigenvalue weighted by atomic mass is 10.0. The van der Waals surface area contributed by atoms with E-state index in [1.165, 1.54) is 62.1 Å². The van der Waals surface area contributed by atoms with Crippen molar-refractivity contribution < 1.29 is 4.74 Å². The second-order valence-corrected chi connectivity index (χ2v) is 6.36. The summed E-state index contributed by atoms with van der Waals surface area (Å²) in [6.07, 6.45) is 5.15. The van der Waals surface area contributed by atoms with E-state index in [2.05, 4.69) is 34.9 Å². The number of morpholine rings is 1. The van der Waals surface area contributed by atoms with Crippen molar-refractivity contribution in [2.24, 2.45) is 0 Å². The molecule has 0 atom stereocenters. The maximum absolute atomic E-state index is 5.40. The SMILES string of the molecule is Cc1cc(N2CCCC2)ccc1CCCN1CCOCC1. The molecular weight excluding hydrogens is 260 g/mol. The smallest absolute Gasteiger partial charge is 0.0594 e. The number of anilines is 1. The fourth-order valence-electron chi connectivity index (χ4n) is 3.45. The van der Waals surface area contributed by atoms with Crippen LogP contribution in [0.3, 0.4) is 0 Å². The molecule has 0 N–H and O–H groups in total. The average Bonchev–Trinajstić information content (AvgIpc) is 3.04. The van der Waals surface area contributed by atoms with Crippen molar-refractivity contribution in [2.75, 3.05) is 50.8 Å². The number of benzene rings is 1. The van der Waals surface area contributed by atoms with E-state index in [-0.39, 0.29) is 0 Å². The summed E-state index contributed by atoms with van der Waals surface area (Å²) in [5.41, 5.74) is 4.40. The van der Waals surface area contributed by atoms with E-state index in [1.807, 2.05) is 0 Å². The minimum absolute atomic E-state index is 0.906. The molecule has 2 heterocycles. The van der Waals surface area contributed by atoms with Gasteiger partial charge in [-0.15, -0.1) is 0 Å². The zero-order valence-corrected chi connectivity index (χ0v) is 13.3. The summed E-state index contributed by atoms with van der Waals surface area (Å²) in [7, 11) is 0. The van der Waals surface area contributed by atoms with Crippen LogP contribution in [0.15, 0.2) is 18.2 Å². The Morgan fingerprint density at radius 3 is 2.52 bits per heavy atom. The highest BCUT2D eigenvalue weighted by Crippen LogP contribution is 2.23. The van der Waals surface area contributed by atoms with E-state index < -0.39 is 0 Å². The molecule has 0 aliphatic carbocycles. The predicted molar refractivity (Wildman–Crippen MR) is 88.2 cm³/mol. The maximum Gasteiger partial charge on any atom is 0.0594 e. The molecule has 0 bridgehead atoms. The van der Waals surface area contributed by atoms with Crippen molar-refractivity contribution >= 4 is 5.69 Å². The number of ether oxygens (including phenoxy) is 1. The van der Waals surface area contributed by atoms with Gasteiger partial charge in [0.05, 0.1) is 13.2 Å². The summed E-state index contributed by atoms with van der Waals surface area (Å²) in [6, 6.07) is 7.06. The molecule has 0 saturated carbocycles. The van der Waals surface area contributed by atoms with Crippen molar-refractivity contribution in [1.29, 1.82) is 0 Å². The molecule has 2 aliphatic heterocycles. The summed E-state index contributed by atoms with van der Waals surface area (Å²) in [5.74, 6) is 0. The lowest BCUT2D eigenvalue weighted by Crippen LogP contribution is -2.36. The first-order chi connectivity index (χ1) is 10.3. The Morgan fingerprint density at radius 2 is 1.81 bits per heavy atom. The molecule has 3 nitrogen and oxygen atoms in total. The Hall–Kier alpha value is -1.06. The quantitative estimate of drug-likeness (QED) is 0.828. The minimum atomic E-state index is 0.906. The fourth-order valence-corrected chi connectivity index (χ4v) is 3.45. The zero-order valence-electron chi connectivity index (χ0n) is 13.3. The molecule has 2 aliphatic rings. The number of hydrogen-bond acceptors (Lipinski definition) is 3. The third-order valence-corrected chi connectivity index (χ3v) is 4.82. The molecule has 1 aromatic rings. The molecule has 0 radical (unpaired) electrons. The lowest BCUT2D eigenvalue weighted by molar-refractivity contribution is 0.0374. The number of rotatable bonds is 5. The summed E-state index contributed by atoms with van der Waals surface area (Å²) < 4.78 is 5.40. The van der Waals surface area contributed by atoms with Crippen LogP contribution in [0.2, 0.25) is 0 Å². The highest BCUT2D eigenvalue weighted by Gasteiger charge is 2.13. The van der Waals surface area contributed by atoms with Crippen LogP contribution >= 0.6 is 0 Å². The highest BCUT2D eigenvalue weighted by molar-refractivity contribution is 5.51. The van der Waals surface area contributed by atoms with Crippen LogP contribution in [0.1, 0.15) is 30.4 Å². The standard InChI is InChI=1S/C18H28N2O/c1-16-15-18(20-9-2-3-10-20)7-6-17(16)5-4-8-19-11-13-21-14-12-19/h6-7,15H,2-5,8-14H2,1H3. The second kappa shape index (κ2) is 7.28. The van der Waals surface area contributed by atoms with Crippen LogP contribution < -0.4 is 4.90 Å². The number of nitrogens with zero attached hydrogens (tertiary/aromatic N) is 2. The first kappa shape index (κ1) is 14.9. The van der Waals surface area contributed by atoms with E-state index in [4.69, 9.17) is 4.74 Å². The summed E-state index contributed by atoms with van der Waals surface area (Å²) in [5, 5.41) is 0. The van der Waals surface area contributed by atoms with Crippen LogP contribution in [0.5, 0.6) is 0 Å². The molecule has 0 aromatic heterocycles. The Morgan fingerprint density at radius 1 is 1.05 bits per heavy atom. The first-order valence-electron chi connectivity index (χ1n) is 8.47. The Bertz CT molecular complexity index is 449. The number of aryl methyl sites for hydroxylation is 2. The lowest BCUT2D eigenvalue weighted by Gasteiger charge is -2.26. The predicted octanol–water partition coefficient (Wildman–Crippen LogP) is 2.86. The van der Waals surface area contributed by atoms with Gasteiger partial charge in [-0.1, -0.05) is 6.07 Å². The van der Waals surface area contributed by atoms with E-state index >= 15 is 0 Å². The second-order valence-electron chi connectivity index (χ2n) is 6.36. The average molecular weight is 288 g/mol. The molecule has 0 amide bonds. The van der Waals surface area contributed by atoms with Gasteiger partial charge in [0.15, 0.2) is 0 Å². The molecule has 2 fully saturated rings. The molecule has 116 valence electrons. The molecule has 1 aromatic carbocycles. The van der Waals surface area contributed by atoms with Crippen molar-refractivity contribution in [3.05, 3.63) is 29.3 Å². The van der Waals surface area contributed by atoms with E-state index in [9.17, 15) is 0 Å². The van der Waals surface area contributed by atoms with Gasteiger partial charge in [-0.25, -0.2) is 0 Å². The first-order valence-corrected chi connectivity index (χ1v) is 8.47. The molecule has 2 saturated heterocycles. The fraction of sp³-hybridized carbons (Fsp3) is 0.667. The van der Waals surface area contributed by atoms with Gasteiger partial charge in [-0.3, -0.25) is 4.90 Å². The summed E-state index contributed by atoms with van der Waals surface area (Å²) in [6.45, 7) is 9.96. The zero-order chi connectivity index (χ0) is 14.5. The van der Waals surface area contributed by atoms with Gasteiger partial charge in [0, 0.05) is 31.9 Å². The molecular formula is C18H28N2O. The van der Waals surface area contributed by atoms with E-state index in [0.29, 0.717) is 0 Å². The third kappa shape index (κ3) is 3.98. The summed E-state index contributed by atoms with van der Waals surface area (Å²) >= 11 is 0. The van der Waals surface area contributed by atoms with Gasteiger partial charge >= 0.3 is 0 Å². The summed E-state index contributed by atoms with van der Waals surface area (Å²) in [4.78, 5) is 5.04. The molecule has 3 heteroatoms. The Balaban J connectivity index is 1.50. The van der Waals surface area contributed by atoms with Crippen molar-refractivity contribution in [3.8, 4) is 0 Å². The number of hydrogen-bond donors (Lipinski definition) is 0. The van der Waals surface area contributed by atoms with Gasteiger partial charge < -0.3 is 9.64 Å². The molecule has 3 rings (SSSR count). The van der Waals surface area contributed by atoms with Crippen LogP contribution in [0.25, 0.3) is 0 Å². The normalized spacial score (nSPS) is 20.1. The van der Waals surface area contributed by atoms with Crippen LogP contribution in [0, 0.1) is 6.92 Å². The largest absolute Gasteiger partial charge is 0.379 e. The van der Waals surface area contributed by atoms with Crippen LogP contribution in [0.4, 0.5) is 5.69 Å². The van der Waals surface area contributed by atoms with Crippen molar-refractivity contribution in [3.63, 3.8) is 0 Å². The molecule has 0 unspecified atom stereocenters. The molecule has 0 spiro atoms. The van der Waals surface area contributed by atoms with E-state index in [0.717, 1.165) is 26.3 Å². The van der Waals surface area contributed by atoms with Crippen LogP contribution in [-0.2, 0) is 11.2 Å². The highest BCUT2D eigenvalue weighted by atomic mass is 16.5. The van der Waals surface area contributed by atoms with Crippen LogP contribution in [-0.4, -0.2) is 50.8 Å². The van der Waals surface area contributed by atoms with Gasteiger partial charge in [0.25, 0.3) is 0 Å². The van der Waals surface area contributed by atoms with Gasteiger partial charge in [-0.2, -0.15) is 0 Å². The topological polar surface area (TPSA) is 15.7 Å². The Labute approximate surface area is 128 Å². The third-order valence-electron chi connectivity index (χ3n) is 4.82.